The number of hydrogen-bond acceptors (Lipinski definition) is 3. The lowest BCUT2D eigenvalue weighted by Gasteiger charge is -2.05. The maximum absolute atomic E-state index is 9.46. The van der Waals surface area contributed by atoms with Gasteiger partial charge in [-0.25, -0.2) is 0 Å². The van der Waals surface area contributed by atoms with Gasteiger partial charge < -0.3 is 15.9 Å². The molecule has 0 aliphatic heterocycles. The zero-order valence-electron chi connectivity index (χ0n) is 10.2. The lowest BCUT2D eigenvalue weighted by molar-refractivity contribution is 0.298. The van der Waals surface area contributed by atoms with Crippen LogP contribution >= 0.6 is 0 Å². The molecule has 0 spiro atoms. The predicted molar refractivity (Wildman–Crippen MR) is 68.3 cm³/mol. The van der Waals surface area contributed by atoms with E-state index in [9.17, 15) is 5.11 Å². The lowest BCUT2D eigenvalue weighted by atomic mass is 10.1. The molecule has 0 heterocycles. The maximum Gasteiger partial charge on any atom is 0.109 e. The second kappa shape index (κ2) is 10.7. The van der Waals surface area contributed by atoms with Crippen LogP contribution in [0, 0.1) is 0 Å². The Hall–Kier alpha value is -0.800. The summed E-state index contributed by atoms with van der Waals surface area (Å²) in [5.41, 5.74) is 5.71. The molecule has 4 N–H and O–H groups in total. The molecule has 0 rings (SSSR count). The van der Waals surface area contributed by atoms with Gasteiger partial charge in [0.15, 0.2) is 0 Å². The SMILES string of the molecule is CCCCCCC=CC(N)C(O)=CCCO. The quantitative estimate of drug-likeness (QED) is 0.322. The Morgan fingerprint density at radius 1 is 1.25 bits per heavy atom. The summed E-state index contributed by atoms with van der Waals surface area (Å²) >= 11 is 0. The topological polar surface area (TPSA) is 66.5 Å². The first-order chi connectivity index (χ1) is 7.72. The molecule has 16 heavy (non-hydrogen) atoms. The minimum Gasteiger partial charge on any atom is -0.511 e. The second-order valence-electron chi connectivity index (χ2n) is 3.94. The summed E-state index contributed by atoms with van der Waals surface area (Å²) in [6, 6.07) is -0.433. The number of nitrogens with two attached hydrogens (primary N) is 1. The molecule has 0 aromatic heterocycles. The van der Waals surface area contributed by atoms with Crippen molar-refractivity contribution in [2.75, 3.05) is 6.61 Å². The summed E-state index contributed by atoms with van der Waals surface area (Å²) in [6.45, 7) is 2.23. The molecular weight excluding hydrogens is 202 g/mol. The van der Waals surface area contributed by atoms with E-state index in [4.69, 9.17) is 10.8 Å². The van der Waals surface area contributed by atoms with Crippen LogP contribution in [0.1, 0.15) is 45.4 Å². The fourth-order valence-electron chi connectivity index (χ4n) is 1.38. The minimum atomic E-state index is -0.433. The van der Waals surface area contributed by atoms with Crippen molar-refractivity contribution in [1.29, 1.82) is 0 Å². The lowest BCUT2D eigenvalue weighted by Crippen LogP contribution is -2.19. The summed E-state index contributed by atoms with van der Waals surface area (Å²) in [5, 5.41) is 18.0. The van der Waals surface area contributed by atoms with Gasteiger partial charge in [-0.1, -0.05) is 38.3 Å². The molecule has 0 aromatic carbocycles. The molecule has 0 aromatic rings. The highest BCUT2D eigenvalue weighted by atomic mass is 16.3. The molecule has 1 atom stereocenters. The standard InChI is InChI=1S/C13H25NO2/c1-2-3-4-5-6-7-9-12(14)13(16)10-8-11-15/h7,9-10,12,15-16H,2-6,8,11,14H2,1H3. The van der Waals surface area contributed by atoms with Crippen molar-refractivity contribution < 1.29 is 10.2 Å². The minimum absolute atomic E-state index is 0.0392. The third-order valence-electron chi connectivity index (χ3n) is 2.39. The fraction of sp³-hybridized carbons (Fsp3) is 0.692. The van der Waals surface area contributed by atoms with E-state index >= 15 is 0 Å². The molecule has 1 unspecified atom stereocenters. The Labute approximate surface area is 98.7 Å². The zero-order chi connectivity index (χ0) is 12.2. The average Bonchev–Trinajstić information content (AvgIpc) is 2.30. The molecule has 0 fully saturated rings. The number of rotatable bonds is 9. The molecule has 94 valence electrons. The molecule has 0 bridgehead atoms. The Morgan fingerprint density at radius 2 is 2.00 bits per heavy atom. The van der Waals surface area contributed by atoms with Gasteiger partial charge in [-0.3, -0.25) is 0 Å². The highest BCUT2D eigenvalue weighted by molar-refractivity contribution is 5.10. The van der Waals surface area contributed by atoms with Gasteiger partial charge in [-0.2, -0.15) is 0 Å². The van der Waals surface area contributed by atoms with Crippen LogP contribution in [0.4, 0.5) is 0 Å². The number of aliphatic hydroxyl groups excluding tert-OH is 2. The van der Waals surface area contributed by atoms with Gasteiger partial charge in [0.1, 0.15) is 5.76 Å². The van der Waals surface area contributed by atoms with Gasteiger partial charge >= 0.3 is 0 Å². The van der Waals surface area contributed by atoms with E-state index in [2.05, 4.69) is 6.92 Å². The molecule has 0 amide bonds. The van der Waals surface area contributed by atoms with E-state index < -0.39 is 6.04 Å². The number of hydrogen-bond donors (Lipinski definition) is 3. The van der Waals surface area contributed by atoms with Crippen LogP contribution < -0.4 is 5.73 Å². The first-order valence-corrected chi connectivity index (χ1v) is 6.14. The molecule has 0 aliphatic rings. The maximum atomic E-state index is 9.46. The average molecular weight is 227 g/mol. The first kappa shape index (κ1) is 15.2. The van der Waals surface area contributed by atoms with Gasteiger partial charge in [0.2, 0.25) is 0 Å². The number of aliphatic hydroxyl groups is 2. The summed E-state index contributed by atoms with van der Waals surface area (Å²) in [5.74, 6) is 0.138. The van der Waals surface area contributed by atoms with Crippen LogP contribution in [-0.2, 0) is 0 Å². The first-order valence-electron chi connectivity index (χ1n) is 6.14. The third-order valence-corrected chi connectivity index (χ3v) is 2.39. The van der Waals surface area contributed by atoms with Crippen LogP contribution in [0.25, 0.3) is 0 Å². The van der Waals surface area contributed by atoms with Gasteiger partial charge in [-0.15, -0.1) is 0 Å². The van der Waals surface area contributed by atoms with Crippen molar-refractivity contribution in [3.8, 4) is 0 Å². The van der Waals surface area contributed by atoms with E-state index in [0.717, 1.165) is 6.42 Å². The van der Waals surface area contributed by atoms with Gasteiger partial charge in [0.05, 0.1) is 6.04 Å². The van der Waals surface area contributed by atoms with Crippen molar-refractivity contribution in [2.45, 2.75) is 51.5 Å². The summed E-state index contributed by atoms with van der Waals surface area (Å²) in [4.78, 5) is 0. The van der Waals surface area contributed by atoms with Crippen molar-refractivity contribution in [1.82, 2.24) is 0 Å². The Morgan fingerprint density at radius 3 is 2.62 bits per heavy atom. The van der Waals surface area contributed by atoms with Gasteiger partial charge in [-0.05, 0) is 25.3 Å². The van der Waals surface area contributed by atoms with E-state index in [0.29, 0.717) is 6.42 Å². The highest BCUT2D eigenvalue weighted by Gasteiger charge is 2.01. The molecule has 0 saturated heterocycles. The summed E-state index contributed by atoms with van der Waals surface area (Å²) in [6.07, 6.45) is 11.8. The van der Waals surface area contributed by atoms with Gasteiger partial charge in [0.25, 0.3) is 0 Å². The van der Waals surface area contributed by atoms with E-state index in [1.165, 1.54) is 25.7 Å². The van der Waals surface area contributed by atoms with Crippen LogP contribution in [0.5, 0.6) is 0 Å². The molecule has 0 aliphatic carbocycles. The second-order valence-corrected chi connectivity index (χ2v) is 3.94. The molecule has 3 heteroatoms. The smallest absolute Gasteiger partial charge is 0.109 e. The number of allylic oxidation sites excluding steroid dienone is 1. The molecule has 3 nitrogen and oxygen atoms in total. The van der Waals surface area contributed by atoms with Crippen LogP contribution in [0.3, 0.4) is 0 Å². The fourth-order valence-corrected chi connectivity index (χ4v) is 1.38. The van der Waals surface area contributed by atoms with Gasteiger partial charge in [0, 0.05) is 6.61 Å². The monoisotopic (exact) mass is 227 g/mol. The normalized spacial score (nSPS) is 14.6. The third kappa shape index (κ3) is 8.50. The molecular formula is C13H25NO2. The van der Waals surface area contributed by atoms with Crippen molar-refractivity contribution in [2.24, 2.45) is 5.73 Å². The van der Waals surface area contributed by atoms with E-state index in [1.54, 1.807) is 6.08 Å². The molecule has 0 radical (unpaired) electrons. The Balaban J connectivity index is 3.68. The Bertz CT molecular complexity index is 212. The highest BCUT2D eigenvalue weighted by Crippen LogP contribution is 2.04. The van der Waals surface area contributed by atoms with Crippen molar-refractivity contribution in [3.63, 3.8) is 0 Å². The summed E-state index contributed by atoms with van der Waals surface area (Å²) in [7, 11) is 0. The molecule has 0 saturated carbocycles. The zero-order valence-corrected chi connectivity index (χ0v) is 10.2. The summed E-state index contributed by atoms with van der Waals surface area (Å²) < 4.78 is 0. The largest absolute Gasteiger partial charge is 0.511 e. The van der Waals surface area contributed by atoms with Crippen LogP contribution in [-0.4, -0.2) is 22.9 Å². The van der Waals surface area contributed by atoms with Crippen molar-refractivity contribution in [3.05, 3.63) is 24.0 Å². The Kier molecular flexibility index (Phi) is 10.2. The predicted octanol–water partition coefficient (Wildman–Crippen LogP) is 2.66. The van der Waals surface area contributed by atoms with Crippen molar-refractivity contribution >= 4 is 0 Å². The van der Waals surface area contributed by atoms with E-state index in [-0.39, 0.29) is 12.4 Å². The van der Waals surface area contributed by atoms with Crippen LogP contribution in [0.2, 0.25) is 0 Å². The van der Waals surface area contributed by atoms with E-state index in [1.807, 2.05) is 12.2 Å². The van der Waals surface area contributed by atoms with Crippen LogP contribution in [0.15, 0.2) is 24.0 Å². The number of unbranched alkanes of at least 4 members (excludes halogenated alkanes) is 4.